The number of hydrogen-bond acceptors (Lipinski definition) is 11. The molecule has 4 saturated heterocycles. The average molecular weight is 854 g/mol. The molecule has 1 aliphatic carbocycles. The fraction of sp³-hybridized carbons (Fsp3) is 0.568. The number of alkyl halides is 2. The highest BCUT2D eigenvalue weighted by Crippen LogP contribution is 2.40. The lowest BCUT2D eigenvalue weighted by Gasteiger charge is -2.55. The van der Waals surface area contributed by atoms with E-state index >= 15 is 0 Å². The zero-order valence-corrected chi connectivity index (χ0v) is 35.0. The number of anilines is 2. The molecule has 4 aliphatic heterocycles. The number of nitrogens with one attached hydrogen (secondary N) is 2. The van der Waals surface area contributed by atoms with Gasteiger partial charge in [-0.05, 0) is 88.3 Å². The number of likely N-dealkylation sites (tertiary alicyclic amines) is 1. The Kier molecular flexibility index (Phi) is 11.0. The quantitative estimate of drug-likeness (QED) is 0.115. The van der Waals surface area contributed by atoms with E-state index in [2.05, 4.69) is 36.7 Å². The first-order valence-electron chi connectivity index (χ1n) is 22.1. The Bertz CT molecular complexity index is 2470. The van der Waals surface area contributed by atoms with Crippen LogP contribution in [-0.2, 0) is 25.5 Å². The molecule has 62 heavy (non-hydrogen) atoms. The summed E-state index contributed by atoms with van der Waals surface area (Å²) in [5, 5.41) is 19.5. The van der Waals surface area contributed by atoms with Gasteiger partial charge in [0.2, 0.25) is 5.91 Å². The van der Waals surface area contributed by atoms with Crippen molar-refractivity contribution in [3.63, 3.8) is 0 Å². The molecule has 5 aliphatic rings. The highest BCUT2D eigenvalue weighted by Gasteiger charge is 2.49. The number of ether oxygens (including phenoxy) is 2. The Hall–Kier alpha value is -5.33. The maximum atomic E-state index is 14.3. The molecule has 1 unspecified atom stereocenters. The van der Waals surface area contributed by atoms with Gasteiger partial charge in [0.15, 0.2) is 11.3 Å². The van der Waals surface area contributed by atoms with Gasteiger partial charge >= 0.3 is 0 Å². The Morgan fingerprint density at radius 1 is 1.05 bits per heavy atom. The highest BCUT2D eigenvalue weighted by molar-refractivity contribution is 6.08. The monoisotopic (exact) mass is 853 g/mol. The number of hydrogen-bond donors (Lipinski definition) is 2. The molecule has 3 amide bonds. The molecule has 1 spiro atoms. The predicted molar refractivity (Wildman–Crippen MR) is 224 cm³/mol. The van der Waals surface area contributed by atoms with Crippen molar-refractivity contribution < 1.29 is 32.6 Å². The summed E-state index contributed by atoms with van der Waals surface area (Å²) in [7, 11) is 0. The van der Waals surface area contributed by atoms with E-state index in [1.54, 1.807) is 21.8 Å². The molecule has 8 heterocycles. The van der Waals surface area contributed by atoms with E-state index in [-0.39, 0.29) is 40.6 Å². The number of rotatable bonds is 13. The van der Waals surface area contributed by atoms with Gasteiger partial charge in [-0.2, -0.15) is 15.3 Å². The molecule has 1 saturated carbocycles. The van der Waals surface area contributed by atoms with Crippen LogP contribution in [0.5, 0.6) is 0 Å². The van der Waals surface area contributed by atoms with Crippen molar-refractivity contribution in [1.29, 1.82) is 0 Å². The summed E-state index contributed by atoms with van der Waals surface area (Å²) in [5.74, 6) is 0.175. The number of fused-ring (bicyclic) bond motifs is 2. The molecule has 5 aromatic rings. The number of amides is 3. The van der Waals surface area contributed by atoms with Crippen molar-refractivity contribution >= 4 is 45.8 Å². The van der Waals surface area contributed by atoms with E-state index in [0.717, 1.165) is 120 Å². The molecule has 5 fully saturated rings. The molecule has 1 atom stereocenters. The summed E-state index contributed by atoms with van der Waals surface area (Å²) in [6.45, 7) is 8.82. The predicted octanol–water partition coefficient (Wildman–Crippen LogP) is 5.43. The largest absolute Gasteiger partial charge is 0.380 e. The Morgan fingerprint density at radius 2 is 1.85 bits per heavy atom. The number of imide groups is 1. The fourth-order valence-electron chi connectivity index (χ4n) is 10.3. The van der Waals surface area contributed by atoms with Crippen LogP contribution in [0.15, 0.2) is 42.9 Å². The smallest absolute Gasteiger partial charge is 0.284 e. The summed E-state index contributed by atoms with van der Waals surface area (Å²) in [5.41, 5.74) is 3.33. The van der Waals surface area contributed by atoms with Crippen LogP contribution in [0.3, 0.4) is 0 Å². The fourth-order valence-corrected chi connectivity index (χ4v) is 10.3. The molecule has 2 N–H and O–H groups in total. The number of carbonyl (C=O) groups excluding carboxylic acids is 3. The summed E-state index contributed by atoms with van der Waals surface area (Å²) in [6, 6.07) is 7.48. The van der Waals surface area contributed by atoms with Gasteiger partial charge in [-0.3, -0.25) is 29.1 Å². The third-order valence-electron chi connectivity index (χ3n) is 13.7. The van der Waals surface area contributed by atoms with Crippen molar-refractivity contribution in [2.24, 2.45) is 11.3 Å². The number of aryl methyl sites for hydroxylation is 2. The average Bonchev–Trinajstić information content (AvgIpc) is 3.95. The molecule has 1 aromatic carbocycles. The molecule has 0 bridgehead atoms. The van der Waals surface area contributed by atoms with Crippen LogP contribution in [-0.4, -0.2) is 115 Å². The van der Waals surface area contributed by atoms with Crippen molar-refractivity contribution in [1.82, 2.24) is 44.4 Å². The summed E-state index contributed by atoms with van der Waals surface area (Å²) in [4.78, 5) is 47.2. The van der Waals surface area contributed by atoms with Crippen LogP contribution in [0.25, 0.3) is 16.6 Å². The number of carbonyl (C=O) groups is 3. The molecular formula is C44H53F2N11O5. The number of piperidine rings is 2. The third-order valence-corrected chi connectivity index (χ3v) is 13.7. The number of nitrogens with zero attached hydrogens (tertiary/aromatic N) is 9. The van der Waals surface area contributed by atoms with Gasteiger partial charge in [0.1, 0.15) is 17.4 Å². The first kappa shape index (κ1) is 40.7. The SMILES string of the molecule is Cc1nn(C2CCC(=O)NC2=O)c2cccc(CCCOC3CCN(CC4CCC(n5cc(NC(=O)c6cnn7ccc(N8CC9(COC9)C8)nc67)c(C(F)F)n5)CC4)CC3)c12. The lowest BCUT2D eigenvalue weighted by Crippen LogP contribution is -2.66. The van der Waals surface area contributed by atoms with Gasteiger partial charge in [-0.25, -0.2) is 18.3 Å². The van der Waals surface area contributed by atoms with Crippen molar-refractivity contribution in [2.75, 3.05) is 62.8 Å². The minimum Gasteiger partial charge on any atom is -0.380 e. The van der Waals surface area contributed by atoms with Crippen molar-refractivity contribution in [3.8, 4) is 0 Å². The first-order chi connectivity index (χ1) is 30.1. The summed E-state index contributed by atoms with van der Waals surface area (Å²) < 4.78 is 45.2. The Balaban J connectivity index is 0.673. The van der Waals surface area contributed by atoms with Crippen LogP contribution in [0.2, 0.25) is 0 Å². The molecule has 4 aromatic heterocycles. The van der Waals surface area contributed by atoms with E-state index in [1.807, 2.05) is 25.1 Å². The minimum absolute atomic E-state index is 0.00822. The molecule has 328 valence electrons. The second-order valence-electron chi connectivity index (χ2n) is 18.1. The molecule has 10 rings (SSSR count). The lowest BCUT2D eigenvalue weighted by molar-refractivity contribution is -0.135. The molecule has 16 nitrogen and oxygen atoms in total. The van der Waals surface area contributed by atoms with Crippen LogP contribution >= 0.6 is 0 Å². The van der Waals surface area contributed by atoms with Gasteiger partial charge in [-0.15, -0.1) is 0 Å². The molecule has 18 heteroatoms. The van der Waals surface area contributed by atoms with Crippen LogP contribution in [0.4, 0.5) is 20.3 Å². The van der Waals surface area contributed by atoms with E-state index in [9.17, 15) is 23.2 Å². The second-order valence-corrected chi connectivity index (χ2v) is 18.1. The normalized spacial score (nSPS) is 23.3. The summed E-state index contributed by atoms with van der Waals surface area (Å²) in [6.07, 6.45) is 10.2. The van der Waals surface area contributed by atoms with Crippen LogP contribution in [0.1, 0.15) is 104 Å². The Morgan fingerprint density at radius 3 is 2.60 bits per heavy atom. The Labute approximate surface area is 357 Å². The maximum absolute atomic E-state index is 14.3. The van der Waals surface area contributed by atoms with Gasteiger partial charge < -0.3 is 24.6 Å². The van der Waals surface area contributed by atoms with Crippen molar-refractivity contribution in [2.45, 2.75) is 95.7 Å². The highest BCUT2D eigenvalue weighted by atomic mass is 19.3. The third kappa shape index (κ3) is 7.96. The zero-order valence-electron chi connectivity index (χ0n) is 35.0. The number of halogens is 2. The van der Waals surface area contributed by atoms with Gasteiger partial charge in [0, 0.05) is 63.5 Å². The van der Waals surface area contributed by atoms with E-state index < -0.39 is 24.1 Å². The minimum atomic E-state index is -2.85. The second kappa shape index (κ2) is 16.7. The van der Waals surface area contributed by atoms with Crippen LogP contribution < -0.4 is 15.5 Å². The zero-order chi connectivity index (χ0) is 42.5. The lowest BCUT2D eigenvalue weighted by atomic mass is 9.78. The van der Waals surface area contributed by atoms with Crippen LogP contribution in [0, 0.1) is 18.3 Å². The van der Waals surface area contributed by atoms with Crippen molar-refractivity contribution in [3.05, 3.63) is 65.4 Å². The topological polar surface area (TPSA) is 166 Å². The van der Waals surface area contributed by atoms with Gasteiger partial charge in [-0.1, -0.05) is 12.1 Å². The first-order valence-corrected chi connectivity index (χ1v) is 22.1. The van der Waals surface area contributed by atoms with E-state index in [4.69, 9.17) is 19.6 Å². The number of aromatic nitrogens is 7. The standard InChI is InChI=1S/C44H53F2N11O5/c1-27-38-29(4-2-6-34(38)57(51-27)35-11-12-37(58)50-43(35)60)5-3-19-62-31-13-16-53(17-14-31)21-28-7-9-30(10-8-28)56-22-33(39(52-56)40(45)46)48-42(59)32-20-47-55-18-15-36(49-41(32)55)54-23-44(24-54)25-61-26-44/h2,4,6,15,18,20,22,28,30-31,35,40H,3,5,7-14,16-17,19,21,23-26H2,1H3,(H,48,59)(H,50,58,60). The van der Waals surface area contributed by atoms with E-state index in [0.29, 0.717) is 31.0 Å². The number of benzene rings is 1. The van der Waals surface area contributed by atoms with E-state index in [1.165, 1.54) is 16.3 Å². The van der Waals surface area contributed by atoms with Gasteiger partial charge in [0.25, 0.3) is 18.2 Å². The maximum Gasteiger partial charge on any atom is 0.284 e. The molecule has 0 radical (unpaired) electrons. The molecular weight excluding hydrogens is 801 g/mol. The van der Waals surface area contributed by atoms with Gasteiger partial charge in [0.05, 0.1) is 53.9 Å². The summed E-state index contributed by atoms with van der Waals surface area (Å²) >= 11 is 0.